The van der Waals surface area contributed by atoms with Gasteiger partial charge < -0.3 is 9.47 Å². The zero-order valence-electron chi connectivity index (χ0n) is 15.2. The second-order valence-electron chi connectivity index (χ2n) is 5.74. The van der Waals surface area contributed by atoms with Crippen LogP contribution in [0.25, 0.3) is 0 Å². The lowest BCUT2D eigenvalue weighted by atomic mass is 10.2. The van der Waals surface area contributed by atoms with Gasteiger partial charge >= 0.3 is 0 Å². The van der Waals surface area contributed by atoms with E-state index in [0.29, 0.717) is 33.6 Å². The Morgan fingerprint density at radius 1 is 1.25 bits per heavy atom. The summed E-state index contributed by atoms with van der Waals surface area (Å²) < 4.78 is 11.9. The van der Waals surface area contributed by atoms with Crippen molar-refractivity contribution in [1.29, 1.82) is 0 Å². The molecule has 1 aromatic heterocycles. The van der Waals surface area contributed by atoms with Gasteiger partial charge in [-0.05, 0) is 30.3 Å². The standard InChI is InChI=1S/C20H17BrN2O4S/c1-13(25)23(17-5-3-4-6-19(17)26-2)20-22-16(12-28-20)11-27-18-8-7-15(21)9-14(18)10-24/h3-10,12H,11H2,1-2H3. The fourth-order valence-electron chi connectivity index (χ4n) is 2.58. The van der Waals surface area contributed by atoms with E-state index in [2.05, 4.69) is 20.9 Å². The lowest BCUT2D eigenvalue weighted by molar-refractivity contribution is -0.115. The van der Waals surface area contributed by atoms with E-state index in [4.69, 9.17) is 9.47 Å². The van der Waals surface area contributed by atoms with Crippen LogP contribution in [-0.2, 0) is 11.4 Å². The molecule has 0 bridgehead atoms. The molecule has 0 aliphatic carbocycles. The van der Waals surface area contributed by atoms with Crippen molar-refractivity contribution < 1.29 is 19.1 Å². The second-order valence-corrected chi connectivity index (χ2v) is 7.49. The van der Waals surface area contributed by atoms with Gasteiger partial charge in [0.05, 0.1) is 24.1 Å². The Morgan fingerprint density at radius 2 is 2.04 bits per heavy atom. The molecule has 144 valence electrons. The average molecular weight is 461 g/mol. The number of amides is 1. The van der Waals surface area contributed by atoms with Crippen molar-refractivity contribution in [3.63, 3.8) is 0 Å². The Balaban J connectivity index is 1.82. The van der Waals surface area contributed by atoms with Gasteiger partial charge in [-0.15, -0.1) is 11.3 Å². The number of ether oxygens (including phenoxy) is 2. The van der Waals surface area contributed by atoms with Crippen LogP contribution < -0.4 is 14.4 Å². The smallest absolute Gasteiger partial charge is 0.230 e. The molecule has 0 saturated heterocycles. The Morgan fingerprint density at radius 3 is 2.75 bits per heavy atom. The van der Waals surface area contributed by atoms with Crippen molar-refractivity contribution >= 4 is 50.3 Å². The summed E-state index contributed by atoms with van der Waals surface area (Å²) in [5, 5.41) is 2.34. The first-order chi connectivity index (χ1) is 13.5. The number of thiazole rings is 1. The van der Waals surface area contributed by atoms with Crippen LogP contribution in [0.3, 0.4) is 0 Å². The van der Waals surface area contributed by atoms with Crippen LogP contribution in [0.15, 0.2) is 52.3 Å². The van der Waals surface area contributed by atoms with Gasteiger partial charge in [0.1, 0.15) is 18.1 Å². The zero-order chi connectivity index (χ0) is 20.1. The number of hydrogen-bond donors (Lipinski definition) is 0. The minimum Gasteiger partial charge on any atom is -0.495 e. The van der Waals surface area contributed by atoms with Crippen molar-refractivity contribution in [3.05, 3.63) is 63.6 Å². The molecule has 0 spiro atoms. The predicted octanol–water partition coefficient (Wildman–Crippen LogP) is 4.99. The number of benzene rings is 2. The predicted molar refractivity (Wildman–Crippen MR) is 112 cm³/mol. The highest BCUT2D eigenvalue weighted by Crippen LogP contribution is 2.35. The molecular formula is C20H17BrN2O4S. The van der Waals surface area contributed by atoms with E-state index in [1.807, 2.05) is 17.5 Å². The Kier molecular flexibility index (Phi) is 6.43. The molecule has 0 aliphatic heterocycles. The summed E-state index contributed by atoms with van der Waals surface area (Å²) in [7, 11) is 1.56. The largest absolute Gasteiger partial charge is 0.495 e. The van der Waals surface area contributed by atoms with E-state index in [1.165, 1.54) is 23.2 Å². The fraction of sp³-hybridized carbons (Fsp3) is 0.150. The number of anilines is 2. The fourth-order valence-corrected chi connectivity index (χ4v) is 3.82. The highest BCUT2D eigenvalue weighted by atomic mass is 79.9. The minimum absolute atomic E-state index is 0.177. The first-order valence-electron chi connectivity index (χ1n) is 8.29. The maximum absolute atomic E-state index is 12.3. The number of para-hydroxylation sites is 2. The molecule has 0 unspecified atom stereocenters. The molecule has 0 atom stereocenters. The van der Waals surface area contributed by atoms with E-state index >= 15 is 0 Å². The second kappa shape index (κ2) is 8.99. The molecule has 28 heavy (non-hydrogen) atoms. The van der Waals surface area contributed by atoms with Crippen molar-refractivity contribution in [2.75, 3.05) is 12.0 Å². The first kappa shape index (κ1) is 20.0. The molecule has 2 aromatic carbocycles. The Hall–Kier alpha value is -2.71. The number of carbonyl (C=O) groups is 2. The highest BCUT2D eigenvalue weighted by molar-refractivity contribution is 9.10. The van der Waals surface area contributed by atoms with Gasteiger partial charge in [0.25, 0.3) is 0 Å². The molecule has 0 radical (unpaired) electrons. The molecular weight excluding hydrogens is 444 g/mol. The topological polar surface area (TPSA) is 68.7 Å². The molecule has 6 nitrogen and oxygen atoms in total. The van der Waals surface area contributed by atoms with Crippen molar-refractivity contribution in [2.45, 2.75) is 13.5 Å². The maximum Gasteiger partial charge on any atom is 0.230 e. The van der Waals surface area contributed by atoms with Crippen LogP contribution in [0, 0.1) is 0 Å². The first-order valence-corrected chi connectivity index (χ1v) is 9.96. The van der Waals surface area contributed by atoms with Gasteiger partial charge in [-0.25, -0.2) is 4.98 Å². The lowest BCUT2D eigenvalue weighted by Gasteiger charge is -2.20. The van der Waals surface area contributed by atoms with Crippen LogP contribution >= 0.6 is 27.3 Å². The summed E-state index contributed by atoms with van der Waals surface area (Å²) in [6.45, 7) is 1.65. The number of rotatable bonds is 7. The van der Waals surface area contributed by atoms with E-state index in [1.54, 1.807) is 37.4 Å². The molecule has 8 heteroatoms. The number of methoxy groups -OCH3 is 1. The lowest BCUT2D eigenvalue weighted by Crippen LogP contribution is -2.23. The van der Waals surface area contributed by atoms with Gasteiger partial charge in [-0.3, -0.25) is 14.5 Å². The summed E-state index contributed by atoms with van der Waals surface area (Å²) in [6.07, 6.45) is 0.742. The Labute approximate surface area is 174 Å². The van der Waals surface area contributed by atoms with Crippen LogP contribution in [0.2, 0.25) is 0 Å². The molecule has 0 fully saturated rings. The van der Waals surface area contributed by atoms with E-state index in [0.717, 1.165) is 10.8 Å². The summed E-state index contributed by atoms with van der Waals surface area (Å²) in [5.74, 6) is 0.875. The third kappa shape index (κ3) is 4.40. The van der Waals surface area contributed by atoms with Crippen LogP contribution in [0.1, 0.15) is 23.0 Å². The average Bonchev–Trinajstić information content (AvgIpc) is 3.15. The molecule has 1 heterocycles. The number of hydrogen-bond acceptors (Lipinski definition) is 6. The van der Waals surface area contributed by atoms with Gasteiger partial charge in [0, 0.05) is 16.8 Å². The summed E-state index contributed by atoms with van der Waals surface area (Å²) in [6, 6.07) is 12.5. The van der Waals surface area contributed by atoms with E-state index in [9.17, 15) is 9.59 Å². The number of carbonyl (C=O) groups excluding carboxylic acids is 2. The molecule has 0 N–H and O–H groups in total. The minimum atomic E-state index is -0.178. The SMILES string of the molecule is COc1ccccc1N(C(C)=O)c1nc(COc2ccc(Br)cc2C=O)cs1. The molecule has 1 amide bonds. The molecule has 3 aromatic rings. The normalized spacial score (nSPS) is 10.4. The number of aldehydes is 1. The summed E-state index contributed by atoms with van der Waals surface area (Å²) in [4.78, 5) is 29.5. The van der Waals surface area contributed by atoms with Crippen LogP contribution in [0.4, 0.5) is 10.8 Å². The van der Waals surface area contributed by atoms with Gasteiger partial charge in [0.2, 0.25) is 5.91 Å². The van der Waals surface area contributed by atoms with E-state index in [-0.39, 0.29) is 12.5 Å². The van der Waals surface area contributed by atoms with Crippen molar-refractivity contribution in [3.8, 4) is 11.5 Å². The quantitative estimate of drug-likeness (QED) is 0.464. The van der Waals surface area contributed by atoms with Gasteiger partial charge in [-0.2, -0.15) is 0 Å². The summed E-state index contributed by atoms with van der Waals surface area (Å²) in [5.41, 5.74) is 1.72. The van der Waals surface area contributed by atoms with Crippen molar-refractivity contribution in [1.82, 2.24) is 4.98 Å². The molecule has 0 saturated carbocycles. The number of nitrogens with zero attached hydrogens (tertiary/aromatic N) is 2. The zero-order valence-corrected chi connectivity index (χ0v) is 17.6. The van der Waals surface area contributed by atoms with Crippen LogP contribution in [0.5, 0.6) is 11.5 Å². The van der Waals surface area contributed by atoms with Gasteiger partial charge in [0.15, 0.2) is 11.4 Å². The number of halogens is 1. The van der Waals surface area contributed by atoms with Crippen LogP contribution in [-0.4, -0.2) is 24.3 Å². The summed E-state index contributed by atoms with van der Waals surface area (Å²) >= 11 is 4.66. The molecule has 3 rings (SSSR count). The van der Waals surface area contributed by atoms with Gasteiger partial charge in [-0.1, -0.05) is 28.1 Å². The maximum atomic E-state index is 12.3. The third-order valence-electron chi connectivity index (χ3n) is 3.85. The Bertz CT molecular complexity index is 1010. The molecule has 0 aliphatic rings. The number of aromatic nitrogens is 1. The monoisotopic (exact) mass is 460 g/mol. The van der Waals surface area contributed by atoms with Crippen molar-refractivity contribution in [2.24, 2.45) is 0 Å². The third-order valence-corrected chi connectivity index (χ3v) is 5.21. The van der Waals surface area contributed by atoms with E-state index < -0.39 is 0 Å². The highest BCUT2D eigenvalue weighted by Gasteiger charge is 2.21.